The second-order valence-corrected chi connectivity index (χ2v) is 6.32. The van der Waals surface area contributed by atoms with Crippen LogP contribution in [-0.4, -0.2) is 37.2 Å². The van der Waals surface area contributed by atoms with Gasteiger partial charge in [-0.2, -0.15) is 5.10 Å². The third-order valence-corrected chi connectivity index (χ3v) is 4.62. The average Bonchev–Trinajstić information content (AvgIpc) is 3.13. The molecule has 0 atom stereocenters. The molecule has 1 aliphatic rings. The molecule has 2 N–H and O–H groups in total. The number of hydrogen-bond donors (Lipinski definition) is 2. The summed E-state index contributed by atoms with van der Waals surface area (Å²) in [7, 11) is 0. The molecule has 0 unspecified atom stereocenters. The lowest BCUT2D eigenvalue weighted by Gasteiger charge is -2.33. The molecule has 1 saturated carbocycles. The van der Waals surface area contributed by atoms with E-state index in [0.717, 1.165) is 19.3 Å². The molecule has 0 bridgehead atoms. The molecule has 1 amide bonds. The van der Waals surface area contributed by atoms with Gasteiger partial charge in [-0.25, -0.2) is 9.48 Å². The molecule has 2 aromatic rings. The van der Waals surface area contributed by atoms with Crippen molar-refractivity contribution in [3.8, 4) is 5.69 Å². The van der Waals surface area contributed by atoms with Crippen molar-refractivity contribution in [3.63, 3.8) is 0 Å². The van der Waals surface area contributed by atoms with Crippen LogP contribution < -0.4 is 5.32 Å². The number of aliphatic carboxylic acids is 1. The van der Waals surface area contributed by atoms with Crippen LogP contribution in [0.1, 0.15) is 42.6 Å². The van der Waals surface area contributed by atoms with E-state index in [4.69, 9.17) is 0 Å². The largest absolute Gasteiger partial charge is 0.480 e. The Morgan fingerprint density at radius 2 is 1.81 bits per heavy atom. The Morgan fingerprint density at radius 1 is 1.15 bits per heavy atom. The predicted octanol–water partition coefficient (Wildman–Crippen LogP) is 2.30. The molecule has 0 spiro atoms. The molecule has 0 radical (unpaired) electrons. The number of carbonyl (C=O) groups excluding carboxylic acids is 1. The number of carbonyl (C=O) groups is 2. The van der Waals surface area contributed by atoms with E-state index in [1.807, 2.05) is 0 Å². The van der Waals surface area contributed by atoms with E-state index < -0.39 is 22.3 Å². The minimum atomic E-state index is -1.24. The maximum Gasteiger partial charge on any atom is 0.329 e. The highest BCUT2D eigenvalue weighted by atomic mass is 16.6. The van der Waals surface area contributed by atoms with Crippen molar-refractivity contribution < 1.29 is 19.6 Å². The monoisotopic (exact) mass is 358 g/mol. The number of rotatable bonds is 5. The molecular weight excluding hydrogens is 340 g/mol. The third-order valence-electron chi connectivity index (χ3n) is 4.62. The molecule has 1 aromatic heterocycles. The van der Waals surface area contributed by atoms with Crippen LogP contribution in [0, 0.1) is 10.1 Å². The number of nitro groups is 1. The number of nitrogens with one attached hydrogen (secondary N) is 1. The molecular formula is C17H18N4O5. The number of nitrogens with zero attached hydrogens (tertiary/aromatic N) is 3. The van der Waals surface area contributed by atoms with Crippen molar-refractivity contribution in [2.45, 2.75) is 37.6 Å². The smallest absolute Gasteiger partial charge is 0.329 e. The summed E-state index contributed by atoms with van der Waals surface area (Å²) in [5.41, 5.74) is -0.638. The molecule has 1 fully saturated rings. The zero-order valence-corrected chi connectivity index (χ0v) is 13.9. The number of hydrogen-bond acceptors (Lipinski definition) is 5. The van der Waals surface area contributed by atoms with Gasteiger partial charge in [0.2, 0.25) is 0 Å². The van der Waals surface area contributed by atoms with Gasteiger partial charge in [-0.15, -0.1) is 0 Å². The van der Waals surface area contributed by atoms with Crippen LogP contribution in [0.5, 0.6) is 0 Å². The van der Waals surface area contributed by atoms with Crippen LogP contribution in [-0.2, 0) is 4.79 Å². The van der Waals surface area contributed by atoms with Crippen LogP contribution in [0.2, 0.25) is 0 Å². The van der Waals surface area contributed by atoms with E-state index in [1.165, 1.54) is 35.0 Å². The lowest BCUT2D eigenvalue weighted by atomic mass is 9.81. The number of carboxylic acids is 1. The minimum Gasteiger partial charge on any atom is -0.480 e. The fourth-order valence-electron chi connectivity index (χ4n) is 3.14. The maximum atomic E-state index is 12.5. The highest BCUT2D eigenvalue weighted by molar-refractivity contribution is 5.96. The molecule has 9 nitrogen and oxygen atoms in total. The summed E-state index contributed by atoms with van der Waals surface area (Å²) in [6.45, 7) is 0. The summed E-state index contributed by atoms with van der Waals surface area (Å²) in [4.78, 5) is 34.3. The topological polar surface area (TPSA) is 127 Å². The first-order chi connectivity index (χ1) is 12.4. The summed E-state index contributed by atoms with van der Waals surface area (Å²) in [5.74, 6) is -1.57. The van der Waals surface area contributed by atoms with Gasteiger partial charge < -0.3 is 10.4 Å². The van der Waals surface area contributed by atoms with Crippen molar-refractivity contribution in [1.82, 2.24) is 15.1 Å². The number of amides is 1. The first kappa shape index (κ1) is 17.6. The number of benzene rings is 1. The normalized spacial score (nSPS) is 16.0. The van der Waals surface area contributed by atoms with Gasteiger partial charge in [0.25, 0.3) is 11.6 Å². The summed E-state index contributed by atoms with van der Waals surface area (Å²) in [6, 6.07) is 7.21. The lowest BCUT2D eigenvalue weighted by molar-refractivity contribution is -0.384. The zero-order valence-electron chi connectivity index (χ0n) is 13.9. The SMILES string of the molecule is O=C(NC1(C(=O)O)CCCCC1)c1ccn(-c2ccc([N+](=O)[O-])cc2)n1. The number of aromatic nitrogens is 2. The van der Waals surface area contributed by atoms with E-state index in [-0.39, 0.29) is 11.4 Å². The number of non-ortho nitro benzene ring substituents is 1. The second-order valence-electron chi connectivity index (χ2n) is 6.32. The Balaban J connectivity index is 1.77. The molecule has 9 heteroatoms. The molecule has 136 valence electrons. The van der Waals surface area contributed by atoms with Crippen molar-refractivity contribution in [2.75, 3.05) is 0 Å². The van der Waals surface area contributed by atoms with Gasteiger partial charge in [0.15, 0.2) is 5.69 Å². The Labute approximate surface area is 148 Å². The summed E-state index contributed by atoms with van der Waals surface area (Å²) >= 11 is 0. The number of carboxylic acid groups (broad SMARTS) is 1. The van der Waals surface area contributed by atoms with E-state index in [9.17, 15) is 24.8 Å². The second kappa shape index (κ2) is 6.95. The highest BCUT2D eigenvalue weighted by Crippen LogP contribution is 2.28. The first-order valence-electron chi connectivity index (χ1n) is 8.28. The Bertz CT molecular complexity index is 837. The van der Waals surface area contributed by atoms with Crippen molar-refractivity contribution >= 4 is 17.6 Å². The molecule has 1 aliphatic carbocycles. The molecule has 0 saturated heterocycles. The standard InChI is InChI=1S/C17H18N4O5/c22-15(18-17(16(23)24)9-2-1-3-10-17)14-8-11-20(19-14)12-4-6-13(7-5-12)21(25)26/h4-8,11H,1-3,9-10H2,(H,18,22)(H,23,24). The fourth-order valence-corrected chi connectivity index (χ4v) is 3.14. The Morgan fingerprint density at radius 3 is 2.38 bits per heavy atom. The summed E-state index contributed by atoms with van der Waals surface area (Å²) in [6.07, 6.45) is 4.81. The average molecular weight is 358 g/mol. The van der Waals surface area contributed by atoms with Crippen LogP contribution >= 0.6 is 0 Å². The van der Waals surface area contributed by atoms with E-state index in [1.54, 1.807) is 6.20 Å². The third kappa shape index (κ3) is 3.41. The van der Waals surface area contributed by atoms with Gasteiger partial charge in [0.1, 0.15) is 5.54 Å². The van der Waals surface area contributed by atoms with Crippen LogP contribution in [0.25, 0.3) is 5.69 Å². The quantitative estimate of drug-likeness (QED) is 0.623. The van der Waals surface area contributed by atoms with Gasteiger partial charge in [-0.1, -0.05) is 19.3 Å². The first-order valence-corrected chi connectivity index (χ1v) is 8.28. The summed E-state index contributed by atoms with van der Waals surface area (Å²) in [5, 5.41) is 27.0. The van der Waals surface area contributed by atoms with Crippen molar-refractivity contribution in [3.05, 3.63) is 52.3 Å². The minimum absolute atomic E-state index is 0.0421. The van der Waals surface area contributed by atoms with Gasteiger partial charge in [0, 0.05) is 18.3 Å². The van der Waals surface area contributed by atoms with Crippen LogP contribution in [0.4, 0.5) is 5.69 Å². The molecule has 3 rings (SSSR count). The van der Waals surface area contributed by atoms with Gasteiger partial charge in [-0.3, -0.25) is 14.9 Å². The van der Waals surface area contributed by atoms with Crippen molar-refractivity contribution in [2.24, 2.45) is 0 Å². The molecule has 1 heterocycles. The number of nitro benzene ring substituents is 1. The highest BCUT2D eigenvalue weighted by Gasteiger charge is 2.41. The molecule has 0 aliphatic heterocycles. The van der Waals surface area contributed by atoms with Gasteiger partial charge >= 0.3 is 5.97 Å². The molecule has 1 aromatic carbocycles. The Hall–Kier alpha value is -3.23. The van der Waals surface area contributed by atoms with Crippen LogP contribution in [0.3, 0.4) is 0 Å². The van der Waals surface area contributed by atoms with Gasteiger partial charge in [0.05, 0.1) is 10.6 Å². The lowest BCUT2D eigenvalue weighted by Crippen LogP contribution is -2.55. The van der Waals surface area contributed by atoms with E-state index in [2.05, 4.69) is 10.4 Å². The van der Waals surface area contributed by atoms with E-state index >= 15 is 0 Å². The predicted molar refractivity (Wildman–Crippen MR) is 91.1 cm³/mol. The summed E-state index contributed by atoms with van der Waals surface area (Å²) < 4.78 is 1.41. The zero-order chi connectivity index (χ0) is 18.7. The fraction of sp³-hybridized carbons (Fsp3) is 0.353. The molecule has 26 heavy (non-hydrogen) atoms. The van der Waals surface area contributed by atoms with Crippen molar-refractivity contribution in [1.29, 1.82) is 0 Å². The Kier molecular flexibility index (Phi) is 4.70. The maximum absolute atomic E-state index is 12.5. The van der Waals surface area contributed by atoms with Gasteiger partial charge in [-0.05, 0) is 31.0 Å². The van der Waals surface area contributed by atoms with E-state index in [0.29, 0.717) is 18.5 Å². The van der Waals surface area contributed by atoms with Crippen LogP contribution in [0.15, 0.2) is 36.5 Å².